The number of hydrogen-bond donors (Lipinski definition) is 1. The third kappa shape index (κ3) is 2.97. The van der Waals surface area contributed by atoms with Crippen molar-refractivity contribution in [1.82, 2.24) is 10.2 Å². The average molecular weight is 186 g/mol. The molecule has 1 saturated carbocycles. The summed E-state index contributed by atoms with van der Waals surface area (Å²) in [6, 6.07) is 0.467. The first-order valence-electron chi connectivity index (χ1n) is 4.59. The first-order valence-corrected chi connectivity index (χ1v) is 4.59. The quantitative estimate of drug-likeness (QED) is 0.663. The van der Waals surface area contributed by atoms with Crippen molar-refractivity contribution in [3.63, 3.8) is 0 Å². The fourth-order valence-corrected chi connectivity index (χ4v) is 1.31. The van der Waals surface area contributed by atoms with Gasteiger partial charge in [-0.2, -0.15) is 0 Å². The topological polar surface area (TPSA) is 41.6 Å². The van der Waals surface area contributed by atoms with E-state index in [-0.39, 0.29) is 5.91 Å². The molecule has 0 aromatic heterocycles. The summed E-state index contributed by atoms with van der Waals surface area (Å²) in [4.78, 5) is 12.8. The van der Waals surface area contributed by atoms with Crippen LogP contribution in [0, 0.1) is 0 Å². The molecule has 1 aliphatic carbocycles. The molecule has 13 heavy (non-hydrogen) atoms. The highest BCUT2D eigenvalue weighted by Crippen LogP contribution is 2.21. The number of nitrogens with zero attached hydrogens (tertiary/aromatic N) is 1. The molecule has 0 aliphatic heterocycles. The van der Waals surface area contributed by atoms with Gasteiger partial charge in [0.2, 0.25) is 5.91 Å². The SMILES string of the molecule is COC1CC(NCC(=O)N(C)C)C1. The van der Waals surface area contributed by atoms with E-state index in [0.717, 1.165) is 12.8 Å². The zero-order chi connectivity index (χ0) is 9.84. The molecule has 0 aromatic rings. The van der Waals surface area contributed by atoms with Gasteiger partial charge in [0.25, 0.3) is 0 Å². The van der Waals surface area contributed by atoms with Gasteiger partial charge in [-0.15, -0.1) is 0 Å². The Bertz CT molecular complexity index is 176. The van der Waals surface area contributed by atoms with Crippen LogP contribution in [0.4, 0.5) is 0 Å². The van der Waals surface area contributed by atoms with Crippen molar-refractivity contribution in [1.29, 1.82) is 0 Å². The number of likely N-dealkylation sites (N-methyl/N-ethyl adjacent to an activating group) is 1. The van der Waals surface area contributed by atoms with Crippen molar-refractivity contribution < 1.29 is 9.53 Å². The minimum atomic E-state index is 0.126. The van der Waals surface area contributed by atoms with Gasteiger partial charge >= 0.3 is 0 Å². The lowest BCUT2D eigenvalue weighted by Crippen LogP contribution is -2.48. The third-order valence-corrected chi connectivity index (χ3v) is 2.47. The predicted molar refractivity (Wildman–Crippen MR) is 50.5 cm³/mol. The number of rotatable bonds is 4. The van der Waals surface area contributed by atoms with Gasteiger partial charge in [-0.1, -0.05) is 0 Å². The van der Waals surface area contributed by atoms with E-state index in [9.17, 15) is 4.79 Å². The molecule has 1 fully saturated rings. The number of ether oxygens (including phenoxy) is 1. The second kappa shape index (κ2) is 4.58. The Morgan fingerprint density at radius 1 is 1.54 bits per heavy atom. The van der Waals surface area contributed by atoms with Crippen LogP contribution in [0.1, 0.15) is 12.8 Å². The molecule has 1 amide bonds. The molecule has 76 valence electrons. The second-order valence-corrected chi connectivity index (χ2v) is 3.70. The molecule has 0 aromatic carbocycles. The molecule has 0 spiro atoms. The van der Waals surface area contributed by atoms with Crippen molar-refractivity contribution >= 4 is 5.91 Å². The van der Waals surface area contributed by atoms with Gasteiger partial charge in [0.05, 0.1) is 12.6 Å². The van der Waals surface area contributed by atoms with Gasteiger partial charge in [0.1, 0.15) is 0 Å². The molecule has 0 radical (unpaired) electrons. The van der Waals surface area contributed by atoms with Crippen molar-refractivity contribution in [3.05, 3.63) is 0 Å². The van der Waals surface area contributed by atoms with Crippen LogP contribution in [0.5, 0.6) is 0 Å². The highest BCUT2D eigenvalue weighted by atomic mass is 16.5. The molecule has 0 saturated heterocycles. The summed E-state index contributed by atoms with van der Waals surface area (Å²) in [6.45, 7) is 0.439. The van der Waals surface area contributed by atoms with Crippen LogP contribution in [0.25, 0.3) is 0 Å². The number of methoxy groups -OCH3 is 1. The van der Waals surface area contributed by atoms with Crippen molar-refractivity contribution in [2.75, 3.05) is 27.7 Å². The summed E-state index contributed by atoms with van der Waals surface area (Å²) < 4.78 is 5.14. The number of carbonyl (C=O) groups is 1. The smallest absolute Gasteiger partial charge is 0.236 e. The number of amides is 1. The van der Waals surface area contributed by atoms with Crippen molar-refractivity contribution in [3.8, 4) is 0 Å². The molecule has 0 unspecified atom stereocenters. The largest absolute Gasteiger partial charge is 0.381 e. The Kier molecular flexibility index (Phi) is 3.69. The highest BCUT2D eigenvalue weighted by Gasteiger charge is 2.28. The van der Waals surface area contributed by atoms with Gasteiger partial charge in [-0.25, -0.2) is 0 Å². The maximum absolute atomic E-state index is 11.2. The van der Waals surface area contributed by atoms with E-state index in [1.165, 1.54) is 0 Å². The molecule has 0 atom stereocenters. The maximum Gasteiger partial charge on any atom is 0.236 e. The van der Waals surface area contributed by atoms with Crippen LogP contribution in [0.2, 0.25) is 0 Å². The molecule has 1 aliphatic rings. The Balaban J connectivity index is 2.05. The average Bonchev–Trinajstić information content (AvgIpc) is 2.01. The summed E-state index contributed by atoms with van der Waals surface area (Å²) >= 11 is 0. The zero-order valence-electron chi connectivity index (χ0n) is 8.54. The molecule has 0 bridgehead atoms. The molecule has 4 nitrogen and oxygen atoms in total. The molecule has 1 N–H and O–H groups in total. The highest BCUT2D eigenvalue weighted by molar-refractivity contribution is 5.77. The number of carbonyl (C=O) groups excluding carboxylic acids is 1. The van der Waals surface area contributed by atoms with Crippen LogP contribution >= 0.6 is 0 Å². The second-order valence-electron chi connectivity index (χ2n) is 3.70. The molecule has 4 heteroatoms. The van der Waals surface area contributed by atoms with E-state index in [1.807, 2.05) is 0 Å². The van der Waals surface area contributed by atoms with Gasteiger partial charge < -0.3 is 15.0 Å². The monoisotopic (exact) mass is 186 g/mol. The first-order chi connectivity index (χ1) is 6.13. The van der Waals surface area contributed by atoms with Crippen LogP contribution in [-0.2, 0) is 9.53 Å². The van der Waals surface area contributed by atoms with Crippen LogP contribution in [0.3, 0.4) is 0 Å². The predicted octanol–water partition coefficient (Wildman–Crippen LogP) is -0.158. The molecular formula is C9H18N2O2. The lowest BCUT2D eigenvalue weighted by molar-refractivity contribution is -0.128. The van der Waals surface area contributed by atoms with E-state index in [2.05, 4.69) is 5.32 Å². The summed E-state index contributed by atoms with van der Waals surface area (Å²) in [5, 5.41) is 3.19. The molecule has 1 rings (SSSR count). The van der Waals surface area contributed by atoms with E-state index < -0.39 is 0 Å². The molecule has 0 heterocycles. The number of hydrogen-bond acceptors (Lipinski definition) is 3. The Hall–Kier alpha value is -0.610. The summed E-state index contributed by atoms with van der Waals surface area (Å²) in [5.74, 6) is 0.126. The Morgan fingerprint density at radius 2 is 2.15 bits per heavy atom. The first kappa shape index (κ1) is 10.5. The Labute approximate surface area is 79.2 Å². The van der Waals surface area contributed by atoms with Gasteiger partial charge in [0.15, 0.2) is 0 Å². The van der Waals surface area contributed by atoms with Crippen LogP contribution in [0.15, 0.2) is 0 Å². The number of nitrogens with one attached hydrogen (secondary N) is 1. The van der Waals surface area contributed by atoms with Gasteiger partial charge in [-0.3, -0.25) is 4.79 Å². The summed E-state index contributed by atoms with van der Waals surface area (Å²) in [5.41, 5.74) is 0. The van der Waals surface area contributed by atoms with Crippen LogP contribution in [-0.4, -0.2) is 50.7 Å². The minimum Gasteiger partial charge on any atom is -0.381 e. The van der Waals surface area contributed by atoms with Crippen LogP contribution < -0.4 is 5.32 Å². The van der Waals surface area contributed by atoms with E-state index in [0.29, 0.717) is 18.7 Å². The Morgan fingerprint density at radius 3 is 2.62 bits per heavy atom. The fourth-order valence-electron chi connectivity index (χ4n) is 1.31. The maximum atomic E-state index is 11.2. The fraction of sp³-hybridized carbons (Fsp3) is 0.889. The lowest BCUT2D eigenvalue weighted by Gasteiger charge is -2.34. The van der Waals surface area contributed by atoms with E-state index in [4.69, 9.17) is 4.74 Å². The molecular weight excluding hydrogens is 168 g/mol. The van der Waals surface area contributed by atoms with Crippen molar-refractivity contribution in [2.24, 2.45) is 0 Å². The van der Waals surface area contributed by atoms with E-state index in [1.54, 1.807) is 26.1 Å². The summed E-state index contributed by atoms with van der Waals surface area (Å²) in [6.07, 6.45) is 2.45. The normalized spacial score (nSPS) is 26.7. The summed E-state index contributed by atoms with van der Waals surface area (Å²) in [7, 11) is 5.26. The third-order valence-electron chi connectivity index (χ3n) is 2.47. The van der Waals surface area contributed by atoms with E-state index >= 15 is 0 Å². The lowest BCUT2D eigenvalue weighted by atomic mass is 9.89. The minimum absolute atomic E-state index is 0.126. The zero-order valence-corrected chi connectivity index (χ0v) is 8.54. The standard InChI is InChI=1S/C9H18N2O2/c1-11(2)9(12)6-10-7-4-8(5-7)13-3/h7-8,10H,4-6H2,1-3H3. The van der Waals surface area contributed by atoms with Gasteiger partial charge in [-0.05, 0) is 12.8 Å². The van der Waals surface area contributed by atoms with Gasteiger partial charge in [0, 0.05) is 27.2 Å². The van der Waals surface area contributed by atoms with Crippen molar-refractivity contribution in [2.45, 2.75) is 25.0 Å².